The molecule has 2 unspecified atom stereocenters. The molecule has 1 aliphatic carbocycles. The number of hydrogen-bond acceptors (Lipinski definition) is 4. The molecular formula is C11H16N2O2. The van der Waals surface area contributed by atoms with Gasteiger partial charge in [-0.25, -0.2) is 4.98 Å². The number of hydrogen-bond donors (Lipinski definition) is 2. The van der Waals surface area contributed by atoms with Gasteiger partial charge in [0.15, 0.2) is 0 Å². The van der Waals surface area contributed by atoms with Crippen molar-refractivity contribution in [3.8, 4) is 5.88 Å². The van der Waals surface area contributed by atoms with Crippen molar-refractivity contribution in [3.63, 3.8) is 0 Å². The minimum atomic E-state index is -0.242. The first kappa shape index (κ1) is 10.2. The van der Waals surface area contributed by atoms with Gasteiger partial charge in [-0.15, -0.1) is 0 Å². The number of ether oxygens (including phenoxy) is 1. The zero-order valence-corrected chi connectivity index (χ0v) is 8.60. The molecule has 2 atom stereocenters. The first-order valence-electron chi connectivity index (χ1n) is 5.31. The minimum absolute atomic E-state index is 0.0472. The van der Waals surface area contributed by atoms with Crippen LogP contribution in [0.15, 0.2) is 18.3 Å². The number of aromatic nitrogens is 1. The normalized spacial score (nSPS) is 26.2. The van der Waals surface area contributed by atoms with Gasteiger partial charge in [0.05, 0.1) is 11.8 Å². The van der Waals surface area contributed by atoms with Crippen LogP contribution in [0.1, 0.15) is 25.7 Å². The molecule has 1 aromatic heterocycles. The summed E-state index contributed by atoms with van der Waals surface area (Å²) < 4.78 is 5.66. The molecule has 1 aliphatic rings. The second-order valence-corrected chi connectivity index (χ2v) is 3.96. The van der Waals surface area contributed by atoms with Gasteiger partial charge in [0.2, 0.25) is 5.88 Å². The number of pyridine rings is 1. The highest BCUT2D eigenvalue weighted by Gasteiger charge is 2.22. The van der Waals surface area contributed by atoms with Gasteiger partial charge in [-0.3, -0.25) is 0 Å². The standard InChI is InChI=1S/C11H16N2O2/c12-10-5-2-6-13-11(10)15-9-4-1-3-8(14)7-9/h2,5-6,8-9,14H,1,3-4,7,12H2. The summed E-state index contributed by atoms with van der Waals surface area (Å²) in [6, 6.07) is 3.54. The Labute approximate surface area is 89.1 Å². The van der Waals surface area contributed by atoms with Crippen molar-refractivity contribution in [3.05, 3.63) is 18.3 Å². The Kier molecular flexibility index (Phi) is 3.06. The zero-order valence-electron chi connectivity index (χ0n) is 8.60. The summed E-state index contributed by atoms with van der Waals surface area (Å²) in [7, 11) is 0. The summed E-state index contributed by atoms with van der Waals surface area (Å²) in [5, 5.41) is 9.50. The molecule has 2 rings (SSSR count). The van der Waals surface area contributed by atoms with Crippen LogP contribution in [-0.4, -0.2) is 22.3 Å². The lowest BCUT2D eigenvalue weighted by molar-refractivity contribution is 0.0518. The van der Waals surface area contributed by atoms with E-state index in [9.17, 15) is 5.11 Å². The summed E-state index contributed by atoms with van der Waals surface area (Å²) >= 11 is 0. The van der Waals surface area contributed by atoms with E-state index in [1.807, 2.05) is 0 Å². The Balaban J connectivity index is 1.99. The van der Waals surface area contributed by atoms with Gasteiger partial charge < -0.3 is 15.6 Å². The van der Waals surface area contributed by atoms with Crippen LogP contribution in [0, 0.1) is 0 Å². The molecule has 3 N–H and O–H groups in total. The van der Waals surface area contributed by atoms with Crippen molar-refractivity contribution in [2.45, 2.75) is 37.9 Å². The fourth-order valence-electron chi connectivity index (χ4n) is 1.89. The molecule has 1 fully saturated rings. The fourth-order valence-corrected chi connectivity index (χ4v) is 1.89. The van der Waals surface area contributed by atoms with E-state index in [1.54, 1.807) is 18.3 Å². The molecular weight excluding hydrogens is 192 g/mol. The molecule has 4 nitrogen and oxygen atoms in total. The molecule has 4 heteroatoms. The van der Waals surface area contributed by atoms with Gasteiger partial charge >= 0.3 is 0 Å². The van der Waals surface area contributed by atoms with Crippen LogP contribution >= 0.6 is 0 Å². The predicted octanol–water partition coefficient (Wildman–Crippen LogP) is 1.35. The molecule has 0 radical (unpaired) electrons. The Morgan fingerprint density at radius 3 is 3.07 bits per heavy atom. The van der Waals surface area contributed by atoms with E-state index in [2.05, 4.69) is 4.98 Å². The maximum atomic E-state index is 9.50. The highest BCUT2D eigenvalue weighted by atomic mass is 16.5. The van der Waals surface area contributed by atoms with Gasteiger partial charge in [-0.05, 0) is 31.4 Å². The number of aliphatic hydroxyl groups excluding tert-OH is 1. The third-order valence-corrected chi connectivity index (χ3v) is 2.68. The average Bonchev–Trinajstić information content (AvgIpc) is 2.22. The Bertz CT molecular complexity index is 330. The molecule has 0 bridgehead atoms. The number of nitrogens with zero attached hydrogens (tertiary/aromatic N) is 1. The van der Waals surface area contributed by atoms with Crippen LogP contribution in [0.4, 0.5) is 5.69 Å². The number of nitrogen functional groups attached to an aromatic ring is 1. The second-order valence-electron chi connectivity index (χ2n) is 3.96. The molecule has 0 amide bonds. The van der Waals surface area contributed by atoms with Crippen LogP contribution in [0.2, 0.25) is 0 Å². The van der Waals surface area contributed by atoms with Gasteiger partial charge in [0.25, 0.3) is 0 Å². The lowest BCUT2D eigenvalue weighted by Gasteiger charge is -2.26. The molecule has 0 saturated heterocycles. The Morgan fingerprint density at radius 1 is 1.47 bits per heavy atom. The Hall–Kier alpha value is -1.29. The first-order chi connectivity index (χ1) is 7.25. The molecule has 1 heterocycles. The SMILES string of the molecule is Nc1cccnc1OC1CCCC(O)C1. The molecule has 0 spiro atoms. The molecule has 15 heavy (non-hydrogen) atoms. The average molecular weight is 208 g/mol. The Morgan fingerprint density at radius 2 is 2.33 bits per heavy atom. The van der Waals surface area contributed by atoms with Crippen LogP contribution < -0.4 is 10.5 Å². The lowest BCUT2D eigenvalue weighted by Crippen LogP contribution is -2.28. The zero-order chi connectivity index (χ0) is 10.7. The summed E-state index contributed by atoms with van der Waals surface area (Å²) in [6.45, 7) is 0. The van der Waals surface area contributed by atoms with Crippen molar-refractivity contribution >= 4 is 5.69 Å². The number of rotatable bonds is 2. The van der Waals surface area contributed by atoms with Crippen molar-refractivity contribution < 1.29 is 9.84 Å². The van der Waals surface area contributed by atoms with E-state index in [1.165, 1.54) is 0 Å². The third kappa shape index (κ3) is 2.59. The summed E-state index contributed by atoms with van der Waals surface area (Å²) in [4.78, 5) is 4.07. The van der Waals surface area contributed by atoms with E-state index < -0.39 is 0 Å². The second kappa shape index (κ2) is 4.49. The maximum Gasteiger partial charge on any atom is 0.237 e. The van der Waals surface area contributed by atoms with E-state index in [4.69, 9.17) is 10.5 Å². The minimum Gasteiger partial charge on any atom is -0.473 e. The van der Waals surface area contributed by atoms with E-state index in [0.29, 0.717) is 18.0 Å². The maximum absolute atomic E-state index is 9.50. The summed E-state index contributed by atoms with van der Waals surface area (Å²) in [5.41, 5.74) is 6.28. The highest BCUT2D eigenvalue weighted by molar-refractivity contribution is 5.46. The van der Waals surface area contributed by atoms with Crippen molar-refractivity contribution in [1.29, 1.82) is 0 Å². The van der Waals surface area contributed by atoms with E-state index in [0.717, 1.165) is 19.3 Å². The van der Waals surface area contributed by atoms with Crippen LogP contribution in [0.5, 0.6) is 5.88 Å². The number of anilines is 1. The predicted molar refractivity (Wildman–Crippen MR) is 57.5 cm³/mol. The monoisotopic (exact) mass is 208 g/mol. The quantitative estimate of drug-likeness (QED) is 0.769. The van der Waals surface area contributed by atoms with Crippen LogP contribution in [0.25, 0.3) is 0 Å². The van der Waals surface area contributed by atoms with E-state index in [-0.39, 0.29) is 12.2 Å². The molecule has 1 saturated carbocycles. The van der Waals surface area contributed by atoms with Gasteiger partial charge in [-0.2, -0.15) is 0 Å². The summed E-state index contributed by atoms with van der Waals surface area (Å²) in [6.07, 6.45) is 4.98. The van der Waals surface area contributed by atoms with Gasteiger partial charge in [0.1, 0.15) is 6.10 Å². The highest BCUT2D eigenvalue weighted by Crippen LogP contribution is 2.25. The van der Waals surface area contributed by atoms with Crippen LogP contribution in [0.3, 0.4) is 0 Å². The molecule has 0 aromatic carbocycles. The number of nitrogens with two attached hydrogens (primary N) is 1. The van der Waals surface area contributed by atoms with Crippen molar-refractivity contribution in [1.82, 2.24) is 4.98 Å². The molecule has 1 aromatic rings. The van der Waals surface area contributed by atoms with Gasteiger partial charge in [0, 0.05) is 12.6 Å². The van der Waals surface area contributed by atoms with Crippen molar-refractivity contribution in [2.75, 3.05) is 5.73 Å². The third-order valence-electron chi connectivity index (χ3n) is 2.68. The first-order valence-corrected chi connectivity index (χ1v) is 5.31. The van der Waals surface area contributed by atoms with E-state index >= 15 is 0 Å². The fraction of sp³-hybridized carbons (Fsp3) is 0.545. The topological polar surface area (TPSA) is 68.4 Å². The largest absolute Gasteiger partial charge is 0.473 e. The molecule has 82 valence electrons. The smallest absolute Gasteiger partial charge is 0.237 e. The van der Waals surface area contributed by atoms with Gasteiger partial charge in [-0.1, -0.05) is 0 Å². The lowest BCUT2D eigenvalue weighted by atomic mass is 9.95. The number of aliphatic hydroxyl groups is 1. The van der Waals surface area contributed by atoms with Crippen LogP contribution in [-0.2, 0) is 0 Å². The molecule has 0 aliphatic heterocycles. The summed E-state index contributed by atoms with van der Waals surface area (Å²) in [5.74, 6) is 0.483. The van der Waals surface area contributed by atoms with Crippen molar-refractivity contribution in [2.24, 2.45) is 0 Å².